The molecule has 0 aliphatic rings. The Hall–Kier alpha value is -0.850. The molecule has 1 heterocycles. The summed E-state index contributed by atoms with van der Waals surface area (Å²) in [5.74, 6) is 2.70. The van der Waals surface area contributed by atoms with Gasteiger partial charge in [-0.15, -0.1) is 23.7 Å². The van der Waals surface area contributed by atoms with E-state index in [1.165, 1.54) is 5.69 Å². The Morgan fingerprint density at radius 2 is 2.24 bits per heavy atom. The van der Waals surface area contributed by atoms with Crippen molar-refractivity contribution in [1.29, 1.82) is 0 Å². The fourth-order valence-electron chi connectivity index (χ4n) is 1.47. The predicted molar refractivity (Wildman–Crippen MR) is 75.2 cm³/mol. The van der Waals surface area contributed by atoms with Crippen molar-refractivity contribution in [2.75, 3.05) is 0 Å². The van der Waals surface area contributed by atoms with Crippen LogP contribution in [0, 0.1) is 12.3 Å². The number of nitrogens with zero attached hydrogens (tertiary/aromatic N) is 1. The lowest BCUT2D eigenvalue weighted by Crippen LogP contribution is -2.27. The minimum atomic E-state index is 0.137. The summed E-state index contributed by atoms with van der Waals surface area (Å²) in [6.45, 7) is 9.53. The smallest absolute Gasteiger partial charge is 0.107 e. The lowest BCUT2D eigenvalue weighted by molar-refractivity contribution is 0.503. The SMILES string of the molecule is C#CCC(CC)NCc1nc(C(C)(C)C)cs1. The van der Waals surface area contributed by atoms with Gasteiger partial charge in [-0.2, -0.15) is 0 Å². The number of nitrogens with one attached hydrogen (secondary N) is 1. The van der Waals surface area contributed by atoms with Crippen molar-refractivity contribution >= 4 is 11.3 Å². The van der Waals surface area contributed by atoms with Gasteiger partial charge in [-0.1, -0.05) is 27.7 Å². The first-order valence-corrected chi connectivity index (χ1v) is 6.97. The molecule has 0 aromatic carbocycles. The third-order valence-corrected chi connectivity index (χ3v) is 3.57. The third kappa shape index (κ3) is 4.49. The highest BCUT2D eigenvalue weighted by atomic mass is 32.1. The van der Waals surface area contributed by atoms with E-state index in [0.29, 0.717) is 6.04 Å². The highest BCUT2D eigenvalue weighted by Gasteiger charge is 2.17. The summed E-state index contributed by atoms with van der Waals surface area (Å²) >= 11 is 1.72. The molecule has 1 rings (SSSR count). The highest BCUT2D eigenvalue weighted by molar-refractivity contribution is 7.09. The average molecular weight is 250 g/mol. The van der Waals surface area contributed by atoms with Gasteiger partial charge in [0.25, 0.3) is 0 Å². The zero-order valence-electron chi connectivity index (χ0n) is 11.2. The summed E-state index contributed by atoms with van der Waals surface area (Å²) in [5.41, 5.74) is 1.31. The summed E-state index contributed by atoms with van der Waals surface area (Å²) in [6.07, 6.45) is 7.18. The second-order valence-electron chi connectivity index (χ2n) is 5.27. The standard InChI is InChI=1S/C14H22N2S/c1-6-8-11(7-2)15-9-13-16-12(10-17-13)14(3,4)5/h1,10-11,15H,7-9H2,2-5H3. The van der Waals surface area contributed by atoms with Crippen LogP contribution in [0.15, 0.2) is 5.38 Å². The Morgan fingerprint density at radius 1 is 1.53 bits per heavy atom. The van der Waals surface area contributed by atoms with Crippen LogP contribution in [0.5, 0.6) is 0 Å². The maximum Gasteiger partial charge on any atom is 0.107 e. The lowest BCUT2D eigenvalue weighted by Gasteiger charge is -2.15. The Balaban J connectivity index is 2.53. The van der Waals surface area contributed by atoms with Gasteiger partial charge in [-0.25, -0.2) is 4.98 Å². The van der Waals surface area contributed by atoms with E-state index in [4.69, 9.17) is 6.42 Å². The number of hydrogen-bond acceptors (Lipinski definition) is 3. The van der Waals surface area contributed by atoms with E-state index in [2.05, 4.69) is 49.3 Å². The number of terminal acetylenes is 1. The predicted octanol–water partition coefficient (Wildman–Crippen LogP) is 3.33. The number of thiazole rings is 1. The normalized spacial score (nSPS) is 13.4. The molecule has 1 unspecified atom stereocenters. The maximum atomic E-state index is 5.33. The van der Waals surface area contributed by atoms with Crippen molar-refractivity contribution in [2.45, 2.75) is 58.5 Å². The molecule has 0 bridgehead atoms. The molecule has 1 N–H and O–H groups in total. The summed E-state index contributed by atoms with van der Waals surface area (Å²) in [6, 6.07) is 0.405. The summed E-state index contributed by atoms with van der Waals surface area (Å²) in [5, 5.41) is 6.75. The Morgan fingerprint density at radius 3 is 2.71 bits per heavy atom. The van der Waals surface area contributed by atoms with E-state index in [0.717, 1.165) is 24.4 Å². The van der Waals surface area contributed by atoms with Crippen molar-refractivity contribution in [3.05, 3.63) is 16.1 Å². The monoisotopic (exact) mass is 250 g/mol. The molecule has 0 spiro atoms. The van der Waals surface area contributed by atoms with E-state index < -0.39 is 0 Å². The van der Waals surface area contributed by atoms with Crippen LogP contribution in [0.3, 0.4) is 0 Å². The molecule has 1 atom stereocenters. The van der Waals surface area contributed by atoms with Crippen LogP contribution in [0.25, 0.3) is 0 Å². The molecule has 1 aromatic rings. The van der Waals surface area contributed by atoms with Crippen molar-refractivity contribution < 1.29 is 0 Å². The fraction of sp³-hybridized carbons (Fsp3) is 0.643. The molecule has 0 radical (unpaired) electrons. The van der Waals surface area contributed by atoms with Gasteiger partial charge in [0.05, 0.1) is 5.69 Å². The first kappa shape index (κ1) is 14.2. The topological polar surface area (TPSA) is 24.9 Å². The number of hydrogen-bond donors (Lipinski definition) is 1. The second-order valence-corrected chi connectivity index (χ2v) is 6.21. The van der Waals surface area contributed by atoms with Crippen LogP contribution in [-0.4, -0.2) is 11.0 Å². The van der Waals surface area contributed by atoms with Crippen molar-refractivity contribution in [2.24, 2.45) is 0 Å². The quantitative estimate of drug-likeness (QED) is 0.811. The van der Waals surface area contributed by atoms with Crippen molar-refractivity contribution in [3.63, 3.8) is 0 Å². The fourth-order valence-corrected chi connectivity index (χ4v) is 2.44. The summed E-state index contributed by atoms with van der Waals surface area (Å²) < 4.78 is 0. The molecular formula is C14H22N2S. The molecule has 0 fully saturated rings. The third-order valence-electron chi connectivity index (χ3n) is 2.72. The Kier molecular flexibility index (Phi) is 5.17. The van der Waals surface area contributed by atoms with Gasteiger partial charge >= 0.3 is 0 Å². The zero-order valence-corrected chi connectivity index (χ0v) is 12.0. The molecule has 94 valence electrons. The number of aromatic nitrogens is 1. The van der Waals surface area contributed by atoms with E-state index in [-0.39, 0.29) is 5.41 Å². The van der Waals surface area contributed by atoms with E-state index in [1.54, 1.807) is 11.3 Å². The van der Waals surface area contributed by atoms with Crippen LogP contribution in [0.2, 0.25) is 0 Å². The van der Waals surface area contributed by atoms with Crippen LogP contribution >= 0.6 is 11.3 Å². The van der Waals surface area contributed by atoms with Gasteiger partial charge in [0.1, 0.15) is 5.01 Å². The lowest BCUT2D eigenvalue weighted by atomic mass is 9.93. The van der Waals surface area contributed by atoms with Gasteiger partial charge in [0.15, 0.2) is 0 Å². The largest absolute Gasteiger partial charge is 0.307 e. The first-order chi connectivity index (χ1) is 7.97. The highest BCUT2D eigenvalue weighted by Crippen LogP contribution is 2.23. The van der Waals surface area contributed by atoms with E-state index in [1.807, 2.05) is 0 Å². The van der Waals surface area contributed by atoms with Crippen LogP contribution < -0.4 is 5.32 Å². The van der Waals surface area contributed by atoms with E-state index >= 15 is 0 Å². The van der Waals surface area contributed by atoms with Crippen LogP contribution in [0.1, 0.15) is 51.2 Å². The van der Waals surface area contributed by atoms with Gasteiger partial charge in [-0.05, 0) is 6.42 Å². The Labute approximate surface area is 109 Å². The van der Waals surface area contributed by atoms with Gasteiger partial charge in [-0.3, -0.25) is 0 Å². The first-order valence-electron chi connectivity index (χ1n) is 6.09. The van der Waals surface area contributed by atoms with Crippen molar-refractivity contribution in [3.8, 4) is 12.3 Å². The molecule has 1 aromatic heterocycles. The van der Waals surface area contributed by atoms with Crippen molar-refractivity contribution in [1.82, 2.24) is 10.3 Å². The number of rotatable bonds is 5. The molecule has 0 aliphatic carbocycles. The van der Waals surface area contributed by atoms with Gasteiger partial charge < -0.3 is 5.32 Å². The van der Waals surface area contributed by atoms with Gasteiger partial charge in [0.2, 0.25) is 0 Å². The zero-order chi connectivity index (χ0) is 12.9. The summed E-state index contributed by atoms with van der Waals surface area (Å²) in [7, 11) is 0. The average Bonchev–Trinajstić information content (AvgIpc) is 2.72. The molecular weight excluding hydrogens is 228 g/mol. The minimum absolute atomic E-state index is 0.137. The van der Waals surface area contributed by atoms with Crippen LogP contribution in [-0.2, 0) is 12.0 Å². The van der Waals surface area contributed by atoms with Gasteiger partial charge in [0, 0.05) is 29.8 Å². The van der Waals surface area contributed by atoms with Crippen LogP contribution in [0.4, 0.5) is 0 Å². The molecule has 0 saturated carbocycles. The minimum Gasteiger partial charge on any atom is -0.307 e. The molecule has 2 nitrogen and oxygen atoms in total. The molecule has 17 heavy (non-hydrogen) atoms. The molecule has 0 aliphatic heterocycles. The molecule has 0 amide bonds. The second kappa shape index (κ2) is 6.18. The molecule has 3 heteroatoms. The van der Waals surface area contributed by atoms with E-state index in [9.17, 15) is 0 Å². The summed E-state index contributed by atoms with van der Waals surface area (Å²) in [4.78, 5) is 4.65. The maximum absolute atomic E-state index is 5.33. The molecule has 0 saturated heterocycles. The Bertz CT molecular complexity index is 382.